The van der Waals surface area contributed by atoms with Crippen LogP contribution in [0.25, 0.3) is 55.2 Å². The molecule has 0 bridgehead atoms. The van der Waals surface area contributed by atoms with Gasteiger partial charge in [-0.1, -0.05) is 111 Å². The number of halogens is 1. The number of pyridine rings is 3. The number of Topliss-reactive ketones (excluding diaryl/α,β-unsaturated/α-hetero) is 1. The van der Waals surface area contributed by atoms with Gasteiger partial charge in [0.2, 0.25) is 11.6 Å². The van der Waals surface area contributed by atoms with Gasteiger partial charge in [0.05, 0.1) is 155 Å². The summed E-state index contributed by atoms with van der Waals surface area (Å²) in [6.07, 6.45) is 27.5. The minimum Gasteiger partial charge on any atom is -0.497 e. The lowest BCUT2D eigenvalue weighted by Gasteiger charge is -2.32. The van der Waals surface area contributed by atoms with Crippen LogP contribution in [0.4, 0.5) is 0 Å². The maximum absolute atomic E-state index is 13.6. The van der Waals surface area contributed by atoms with Crippen LogP contribution >= 0.6 is 15.9 Å². The van der Waals surface area contributed by atoms with Gasteiger partial charge in [0.15, 0.2) is 5.78 Å². The van der Waals surface area contributed by atoms with E-state index in [1.807, 2.05) is 147 Å². The van der Waals surface area contributed by atoms with Crippen molar-refractivity contribution < 1.29 is 78.7 Å². The Morgan fingerprint density at radius 3 is 1.46 bits per heavy atom. The van der Waals surface area contributed by atoms with E-state index < -0.39 is 61.6 Å². The molecule has 3 saturated heterocycles. The number of unbranched alkanes of at least 4 members (excludes halogenated alkanes) is 6. The normalized spacial score (nSPS) is 16.4. The van der Waals surface area contributed by atoms with E-state index >= 15 is 0 Å². The van der Waals surface area contributed by atoms with Gasteiger partial charge >= 0.3 is 7.12 Å². The van der Waals surface area contributed by atoms with Crippen molar-refractivity contribution in [3.05, 3.63) is 186 Å². The number of ketones is 1. The second kappa shape index (κ2) is 48.5. The quantitative estimate of drug-likeness (QED) is 0.0156. The van der Waals surface area contributed by atoms with Gasteiger partial charge in [-0.2, -0.15) is 0 Å². The molecule has 0 aliphatic carbocycles. The van der Waals surface area contributed by atoms with Crippen LogP contribution in [0.3, 0.4) is 0 Å². The Hall–Kier alpha value is -8.94. The number of H-pyrrole nitrogens is 1. The monoisotopic (exact) mass is 2020 g/mol. The number of fused-ring (bicyclic) bond motifs is 3. The molecule has 5 N–H and O–H groups in total. The van der Waals surface area contributed by atoms with E-state index in [1.165, 1.54) is 6.26 Å². The number of rotatable bonds is 44. The zero-order chi connectivity index (χ0) is 98.4. The van der Waals surface area contributed by atoms with Crippen molar-refractivity contribution >= 4 is 105 Å². The molecule has 137 heavy (non-hydrogen) atoms. The third-order valence-corrected chi connectivity index (χ3v) is 31.8. The molecule has 0 unspecified atom stereocenters. The molecular formula is C99H139BBrN15O17S2Si2. The summed E-state index contributed by atoms with van der Waals surface area (Å²) in [7, 11) is -0.492. The lowest BCUT2D eigenvalue weighted by molar-refractivity contribution is -0.176. The Morgan fingerprint density at radius 2 is 0.985 bits per heavy atom. The highest BCUT2D eigenvalue weighted by Crippen LogP contribution is 2.43. The second-order valence-electron chi connectivity index (χ2n) is 40.0. The van der Waals surface area contributed by atoms with Crippen molar-refractivity contribution in [2.24, 2.45) is 5.73 Å². The van der Waals surface area contributed by atoms with Crippen LogP contribution in [0, 0.1) is 0 Å². The van der Waals surface area contributed by atoms with E-state index in [4.69, 9.17) is 76.2 Å². The maximum atomic E-state index is 13.6. The first-order chi connectivity index (χ1) is 65.3. The minimum absolute atomic E-state index is 0.00765. The van der Waals surface area contributed by atoms with E-state index in [2.05, 4.69) is 121 Å². The van der Waals surface area contributed by atoms with E-state index in [9.17, 15) is 13.2 Å². The first-order valence-electron chi connectivity index (χ1n) is 47.3. The molecule has 742 valence electrons. The molecule has 9 aromatic heterocycles. The summed E-state index contributed by atoms with van der Waals surface area (Å²) in [5.74, 6) is 2.86. The van der Waals surface area contributed by atoms with Crippen molar-refractivity contribution in [2.45, 2.75) is 281 Å². The Balaban J connectivity index is 0.000000170. The number of carbonyl (C=O) groups excluding carboxylic acids is 1. The molecule has 0 spiro atoms. The summed E-state index contributed by atoms with van der Waals surface area (Å²) in [5.41, 5.74) is 14.4. The lowest BCUT2D eigenvalue weighted by atomic mass is 9.77. The molecule has 0 amide bonds. The van der Waals surface area contributed by atoms with Gasteiger partial charge in [-0.05, 0) is 172 Å². The van der Waals surface area contributed by atoms with Crippen LogP contribution in [-0.2, 0) is 84.7 Å². The SMILES string of the molecule is CC(C)(C)[S@@](=O)N[C@@H](CCCCCC1(c2ccon2)OCCO1)c1ncc(Br)n1COCC[Si](C)(C)C.COc1cc2ncccc2cc1-c1cnc([C@@H](N)CCCCCC(=O)c2ccon2)[nH]1.COc1cc2ncccc2cc1-c1cnc([C@H](CCCCCC2(c3ccon3)OCCO2)N[S@](=O)C(C)(C)C)n1COCC[Si](C)(C)C.COc1cc2ncccc2cc1B1OC(C)(C)C(C)(C)O1. The molecule has 32 nitrogen and oxygen atoms in total. The van der Waals surface area contributed by atoms with Gasteiger partial charge in [0.25, 0.3) is 0 Å². The van der Waals surface area contributed by atoms with Crippen LogP contribution < -0.4 is 34.9 Å². The summed E-state index contributed by atoms with van der Waals surface area (Å²) in [6, 6.07) is 30.5. The Bertz CT molecular complexity index is 5840. The fourth-order valence-corrected chi connectivity index (χ4v) is 19.4. The number of nitrogens with two attached hydrogens (primary N) is 1. The number of benzene rings is 3. The zero-order valence-corrected chi connectivity index (χ0v) is 88.2. The Labute approximate surface area is 820 Å². The molecule has 0 saturated carbocycles. The zero-order valence-electron chi connectivity index (χ0n) is 83.0. The smallest absolute Gasteiger partial charge is 0.497 e. The summed E-state index contributed by atoms with van der Waals surface area (Å²) < 4.78 is 118. The highest BCUT2D eigenvalue weighted by atomic mass is 79.9. The van der Waals surface area contributed by atoms with E-state index in [0.717, 1.165) is 190 Å². The molecule has 3 aliphatic rings. The third kappa shape index (κ3) is 29.2. The Morgan fingerprint density at radius 1 is 0.540 bits per heavy atom. The van der Waals surface area contributed by atoms with Crippen molar-refractivity contribution in [1.82, 2.24) is 68.9 Å². The molecule has 38 heteroatoms. The average molecular weight is 2020 g/mol. The Kier molecular flexibility index (Phi) is 37.8. The van der Waals surface area contributed by atoms with Gasteiger partial charge < -0.3 is 80.8 Å². The van der Waals surface area contributed by atoms with Crippen molar-refractivity contribution in [3.8, 4) is 39.8 Å². The highest BCUT2D eigenvalue weighted by molar-refractivity contribution is 9.10. The highest BCUT2D eigenvalue weighted by Gasteiger charge is 2.53. The standard InChI is InChI=1S/C35H51N5O6SSi.C25H43BrN4O5SSi.C23H25N5O3.C16H20BNO3/c1-34(2,3)47(41)39-28(13-9-8-10-15-35(44-18-19-45-35)32-14-17-46-38-32)33-37-24-30(40(33)25-43-20-21-48(5,6)7)27-22-26-12-11-16-36-29(26)23-31(27)42-4;1-24(2,3)36(31)29-20(23-27-18-22(26)30(23)19-32-16-17-37(4,5)6)10-8-7-9-12-25(33-14-15-34-25)21-11-13-35-28-21;1-30-22-13-19-15(6-5-10-25-19)12-16(22)20-14-26-23(27-20)17(24)7-3-2-4-8-21(29)18-9-11-31-28-18;1-15(2)16(3,4)21-17(20-15)12-9-11-7-6-8-18-13(11)10-14(12)19-5/h11-12,14,16-17,22-24,28,39H,8-10,13,15,18-21,25H2,1-7H3;11,13,18,20,29H,7-10,12,14-17,19H2,1-6H3;5-6,9-14,17H,2-4,7-8,24H2,1H3,(H,26,27);6-10H,1-5H3/t28-,47+;20-,36+;17-;/m000./s1. The van der Waals surface area contributed by atoms with Crippen molar-refractivity contribution in [3.63, 3.8) is 0 Å². The first-order valence-corrected chi connectivity index (χ1v) is 57.9. The van der Waals surface area contributed by atoms with Crippen LogP contribution in [0.15, 0.2) is 165 Å². The lowest BCUT2D eigenvalue weighted by Crippen LogP contribution is -2.41. The number of aromatic amines is 1. The summed E-state index contributed by atoms with van der Waals surface area (Å²) in [6.45, 7) is 38.4. The predicted octanol–water partition coefficient (Wildman–Crippen LogP) is 20.2. The van der Waals surface area contributed by atoms with Crippen molar-refractivity contribution in [2.75, 3.05) is 61.0 Å². The topological polar surface area (TPSA) is 384 Å². The molecular weight excluding hydrogens is 1880 g/mol. The van der Waals surface area contributed by atoms with Gasteiger partial charge in [-0.15, -0.1) is 0 Å². The van der Waals surface area contributed by atoms with Gasteiger partial charge in [-0.25, -0.2) is 32.8 Å². The second-order valence-corrected chi connectivity index (χ2v) is 56.1. The van der Waals surface area contributed by atoms with E-state index in [0.29, 0.717) is 88.6 Å². The van der Waals surface area contributed by atoms with Crippen LogP contribution in [0.2, 0.25) is 51.4 Å². The van der Waals surface area contributed by atoms with Gasteiger partial charge in [0, 0.05) is 136 Å². The number of methoxy groups -OCH3 is 3. The number of ether oxygens (including phenoxy) is 9. The number of nitrogens with one attached hydrogen (secondary N) is 3. The first kappa shape index (κ1) is 107. The summed E-state index contributed by atoms with van der Waals surface area (Å²) in [5, 5.41) is 14.9. The fraction of sp³-hybridized carbons (Fsp3) is 0.535. The fourth-order valence-electron chi connectivity index (χ4n) is 15.8. The minimum atomic E-state index is -1.32. The van der Waals surface area contributed by atoms with Gasteiger partial charge in [-0.3, -0.25) is 24.3 Å². The van der Waals surface area contributed by atoms with Gasteiger partial charge in [0.1, 0.15) is 88.7 Å². The third-order valence-electron chi connectivity index (χ3n) is 24.5. The largest absolute Gasteiger partial charge is 0.498 e. The number of hydrogen-bond acceptors (Lipinski definition) is 27. The summed E-state index contributed by atoms with van der Waals surface area (Å²) >= 11 is 3.62. The molecule has 3 aromatic carbocycles. The average Bonchev–Trinajstić information content (AvgIpc) is 1.61. The number of hydrogen-bond donors (Lipinski definition) is 4. The number of nitrogens with zero attached hydrogens (tertiary/aromatic N) is 11. The number of aromatic nitrogens is 12. The van der Waals surface area contributed by atoms with Crippen LogP contribution in [-0.4, -0.2) is 179 Å². The molecule has 3 fully saturated rings. The number of imidazole rings is 3. The van der Waals surface area contributed by atoms with E-state index in [1.54, 1.807) is 83.0 Å². The molecule has 3 aliphatic heterocycles. The maximum Gasteiger partial charge on any atom is 0.498 e. The predicted molar refractivity (Wildman–Crippen MR) is 542 cm³/mol. The number of carbonyl (C=O) groups is 1. The summed E-state index contributed by atoms with van der Waals surface area (Å²) in [4.78, 5) is 42.6. The molecule has 12 heterocycles. The molecule has 15 rings (SSSR count). The van der Waals surface area contributed by atoms with Crippen LogP contribution in [0.5, 0.6) is 17.2 Å². The van der Waals surface area contributed by atoms with Crippen LogP contribution in [0.1, 0.15) is 223 Å². The molecule has 5 atom stereocenters. The van der Waals surface area contributed by atoms with E-state index in [-0.39, 0.29) is 39.9 Å². The van der Waals surface area contributed by atoms with Crippen molar-refractivity contribution in [1.29, 1.82) is 0 Å². The molecule has 0 radical (unpaired) electrons. The molecule has 12 aromatic rings.